The van der Waals surface area contributed by atoms with Crippen molar-refractivity contribution in [2.75, 3.05) is 13.4 Å². The van der Waals surface area contributed by atoms with E-state index in [0.29, 0.717) is 22.0 Å². The number of methoxy groups -OCH3 is 1. The highest BCUT2D eigenvalue weighted by Crippen LogP contribution is 2.29. The van der Waals surface area contributed by atoms with Gasteiger partial charge in [-0.05, 0) is 48.0 Å². The first kappa shape index (κ1) is 19.0. The fourth-order valence-electron chi connectivity index (χ4n) is 3.15. The van der Waals surface area contributed by atoms with E-state index in [1.165, 1.54) is 6.26 Å². The van der Waals surface area contributed by atoms with Crippen molar-refractivity contribution in [3.63, 3.8) is 0 Å². The van der Waals surface area contributed by atoms with Gasteiger partial charge in [0.1, 0.15) is 23.9 Å². The van der Waals surface area contributed by atoms with Crippen molar-refractivity contribution in [2.24, 2.45) is 0 Å². The first-order valence-electron chi connectivity index (χ1n) is 8.99. The van der Waals surface area contributed by atoms with Crippen molar-refractivity contribution in [3.8, 4) is 22.6 Å². The molecule has 1 aromatic heterocycles. The molecule has 0 fully saturated rings. The average Bonchev–Trinajstić information content (AvgIpc) is 3.14. The largest absolute Gasteiger partial charge is 0.497 e. The predicted molar refractivity (Wildman–Crippen MR) is 112 cm³/mol. The van der Waals surface area contributed by atoms with E-state index in [0.717, 1.165) is 22.3 Å². The Morgan fingerprint density at radius 1 is 0.966 bits per heavy atom. The summed E-state index contributed by atoms with van der Waals surface area (Å²) in [5, 5.41) is 0. The molecule has 0 saturated heterocycles. The van der Waals surface area contributed by atoms with Gasteiger partial charge >= 0.3 is 0 Å². The molecule has 148 valence electrons. The molecule has 0 aliphatic rings. The standard InChI is InChI=1S/C22H20N2O4S/c1-27-16-8-10-17(11-9-16)28-14-22-23-19-12-7-15(13-20(19)24-22)18-5-3-4-6-21(18)29(2,25)26/h3-13H,14H2,1-2H3,(H,23,24). The SMILES string of the molecule is COc1ccc(OCc2nc3ccc(-c4ccccc4S(C)(=O)=O)cc3[nH]2)cc1. The second-order valence-corrected chi connectivity index (χ2v) is 8.63. The molecule has 29 heavy (non-hydrogen) atoms. The summed E-state index contributed by atoms with van der Waals surface area (Å²) in [7, 11) is -1.71. The highest BCUT2D eigenvalue weighted by molar-refractivity contribution is 7.90. The van der Waals surface area contributed by atoms with Gasteiger partial charge < -0.3 is 14.5 Å². The Labute approximate surface area is 169 Å². The van der Waals surface area contributed by atoms with Crippen LogP contribution >= 0.6 is 0 Å². The Bertz CT molecular complexity index is 1260. The molecular formula is C22H20N2O4S. The molecule has 0 atom stereocenters. The van der Waals surface area contributed by atoms with Gasteiger partial charge in [0.2, 0.25) is 0 Å². The Balaban J connectivity index is 1.60. The number of benzene rings is 3. The summed E-state index contributed by atoms with van der Waals surface area (Å²) in [6.45, 7) is 0.288. The summed E-state index contributed by atoms with van der Waals surface area (Å²) in [4.78, 5) is 8.10. The number of aromatic amines is 1. The lowest BCUT2D eigenvalue weighted by molar-refractivity contribution is 0.297. The first-order chi connectivity index (χ1) is 13.9. The number of hydrogen-bond donors (Lipinski definition) is 1. The number of imidazole rings is 1. The molecule has 3 aromatic carbocycles. The number of H-pyrrole nitrogens is 1. The van der Waals surface area contributed by atoms with Gasteiger partial charge in [-0.25, -0.2) is 13.4 Å². The molecular weight excluding hydrogens is 388 g/mol. The minimum atomic E-state index is -3.33. The van der Waals surface area contributed by atoms with Gasteiger partial charge in [-0.2, -0.15) is 0 Å². The van der Waals surface area contributed by atoms with E-state index in [1.807, 2.05) is 54.6 Å². The third-order valence-corrected chi connectivity index (χ3v) is 5.72. The van der Waals surface area contributed by atoms with Crippen molar-refractivity contribution in [1.29, 1.82) is 0 Å². The van der Waals surface area contributed by atoms with Crippen molar-refractivity contribution < 1.29 is 17.9 Å². The highest BCUT2D eigenvalue weighted by atomic mass is 32.2. The monoisotopic (exact) mass is 408 g/mol. The number of sulfone groups is 1. The number of aromatic nitrogens is 2. The molecule has 1 heterocycles. The quantitative estimate of drug-likeness (QED) is 0.517. The van der Waals surface area contributed by atoms with Gasteiger partial charge in [0.15, 0.2) is 9.84 Å². The van der Waals surface area contributed by atoms with Gasteiger partial charge in [0.05, 0.1) is 23.0 Å². The normalized spacial score (nSPS) is 11.5. The second-order valence-electron chi connectivity index (χ2n) is 6.65. The van der Waals surface area contributed by atoms with Crippen LogP contribution in [-0.2, 0) is 16.4 Å². The maximum Gasteiger partial charge on any atom is 0.176 e. The van der Waals surface area contributed by atoms with E-state index >= 15 is 0 Å². The van der Waals surface area contributed by atoms with Crippen LogP contribution in [0.15, 0.2) is 71.6 Å². The lowest BCUT2D eigenvalue weighted by Gasteiger charge is -2.07. The van der Waals surface area contributed by atoms with Crippen LogP contribution in [0.3, 0.4) is 0 Å². The molecule has 7 heteroatoms. The van der Waals surface area contributed by atoms with Crippen LogP contribution in [0.1, 0.15) is 5.82 Å². The van der Waals surface area contributed by atoms with Gasteiger partial charge in [0.25, 0.3) is 0 Å². The Hall–Kier alpha value is -3.32. The maximum atomic E-state index is 12.1. The van der Waals surface area contributed by atoms with Crippen LogP contribution in [0.4, 0.5) is 0 Å². The first-order valence-corrected chi connectivity index (χ1v) is 10.9. The zero-order chi connectivity index (χ0) is 20.4. The number of nitrogens with zero attached hydrogens (tertiary/aromatic N) is 1. The van der Waals surface area contributed by atoms with Crippen molar-refractivity contribution >= 4 is 20.9 Å². The van der Waals surface area contributed by atoms with Crippen LogP contribution in [0, 0.1) is 0 Å². The van der Waals surface area contributed by atoms with Gasteiger partial charge in [-0.3, -0.25) is 0 Å². The predicted octanol–water partition coefficient (Wildman–Crippen LogP) is 4.22. The summed E-state index contributed by atoms with van der Waals surface area (Å²) in [6.07, 6.45) is 1.22. The van der Waals surface area contributed by atoms with Gasteiger partial charge in [0, 0.05) is 11.8 Å². The lowest BCUT2D eigenvalue weighted by atomic mass is 10.1. The average molecular weight is 408 g/mol. The molecule has 6 nitrogen and oxygen atoms in total. The maximum absolute atomic E-state index is 12.1. The smallest absolute Gasteiger partial charge is 0.176 e. The molecule has 4 rings (SSSR count). The zero-order valence-corrected chi connectivity index (χ0v) is 16.9. The zero-order valence-electron chi connectivity index (χ0n) is 16.0. The van der Waals surface area contributed by atoms with Crippen LogP contribution in [0.25, 0.3) is 22.2 Å². The molecule has 0 unspecified atom stereocenters. The minimum Gasteiger partial charge on any atom is -0.497 e. The number of rotatable bonds is 6. The van der Waals surface area contributed by atoms with Gasteiger partial charge in [-0.15, -0.1) is 0 Å². The molecule has 0 spiro atoms. The molecule has 1 N–H and O–H groups in total. The fraction of sp³-hybridized carbons (Fsp3) is 0.136. The number of fused-ring (bicyclic) bond motifs is 1. The second kappa shape index (κ2) is 7.60. The van der Waals surface area contributed by atoms with E-state index in [2.05, 4.69) is 9.97 Å². The summed E-state index contributed by atoms with van der Waals surface area (Å²) >= 11 is 0. The Kier molecular flexibility index (Phi) is 4.98. The third kappa shape index (κ3) is 4.09. The molecule has 0 radical (unpaired) electrons. The molecule has 0 aliphatic carbocycles. The van der Waals surface area contributed by atoms with Crippen molar-refractivity contribution in [2.45, 2.75) is 11.5 Å². The van der Waals surface area contributed by atoms with Crippen LogP contribution < -0.4 is 9.47 Å². The number of ether oxygens (including phenoxy) is 2. The Morgan fingerprint density at radius 2 is 1.69 bits per heavy atom. The topological polar surface area (TPSA) is 81.3 Å². The van der Waals surface area contributed by atoms with Crippen LogP contribution in [0.2, 0.25) is 0 Å². The minimum absolute atomic E-state index is 0.288. The molecule has 0 aliphatic heterocycles. The van der Waals surface area contributed by atoms with Crippen molar-refractivity contribution in [3.05, 3.63) is 72.6 Å². The summed E-state index contributed by atoms with van der Waals surface area (Å²) in [5.74, 6) is 2.17. The number of nitrogens with one attached hydrogen (secondary N) is 1. The third-order valence-electron chi connectivity index (χ3n) is 4.56. The highest BCUT2D eigenvalue weighted by Gasteiger charge is 2.15. The van der Waals surface area contributed by atoms with E-state index in [1.54, 1.807) is 19.2 Å². The summed E-state index contributed by atoms with van der Waals surface area (Å²) in [5.41, 5.74) is 3.09. The van der Waals surface area contributed by atoms with E-state index < -0.39 is 9.84 Å². The summed E-state index contributed by atoms with van der Waals surface area (Å²) < 4.78 is 35.1. The van der Waals surface area contributed by atoms with E-state index in [4.69, 9.17) is 9.47 Å². The summed E-state index contributed by atoms with van der Waals surface area (Å²) in [6, 6.07) is 20.0. The fourth-order valence-corrected chi connectivity index (χ4v) is 4.06. The lowest BCUT2D eigenvalue weighted by Crippen LogP contribution is -1.99. The number of hydrogen-bond acceptors (Lipinski definition) is 5. The molecule has 0 saturated carbocycles. The molecule has 0 bridgehead atoms. The molecule has 0 amide bonds. The molecule has 4 aromatic rings. The van der Waals surface area contributed by atoms with E-state index in [-0.39, 0.29) is 6.61 Å². The van der Waals surface area contributed by atoms with Crippen LogP contribution in [0.5, 0.6) is 11.5 Å². The van der Waals surface area contributed by atoms with Crippen molar-refractivity contribution in [1.82, 2.24) is 9.97 Å². The van der Waals surface area contributed by atoms with Gasteiger partial charge in [-0.1, -0.05) is 24.3 Å². The van der Waals surface area contributed by atoms with Crippen LogP contribution in [-0.4, -0.2) is 31.8 Å². The van der Waals surface area contributed by atoms with E-state index in [9.17, 15) is 8.42 Å². The Morgan fingerprint density at radius 3 is 2.41 bits per heavy atom.